The average molecular weight is 328 g/mol. The normalized spacial score (nSPS) is 12.0. The zero-order valence-corrected chi connectivity index (χ0v) is 13.4. The second-order valence-corrected chi connectivity index (χ2v) is 5.71. The predicted molar refractivity (Wildman–Crippen MR) is 88.3 cm³/mol. The van der Waals surface area contributed by atoms with Gasteiger partial charge in [0.15, 0.2) is 0 Å². The molecular weight excluding hydrogens is 312 g/mol. The Morgan fingerprint density at radius 1 is 1.30 bits per heavy atom. The van der Waals surface area contributed by atoms with Gasteiger partial charge in [0.2, 0.25) is 0 Å². The van der Waals surface area contributed by atoms with Crippen LogP contribution in [0.25, 0.3) is 10.6 Å². The van der Waals surface area contributed by atoms with E-state index in [9.17, 15) is 4.79 Å². The molecule has 5 nitrogen and oxygen atoms in total. The first-order valence-corrected chi connectivity index (χ1v) is 8.01. The van der Waals surface area contributed by atoms with E-state index in [0.29, 0.717) is 18.0 Å². The molecule has 23 heavy (non-hydrogen) atoms. The lowest BCUT2D eigenvalue weighted by Gasteiger charge is -2.13. The van der Waals surface area contributed by atoms with Crippen LogP contribution in [0.2, 0.25) is 0 Å². The lowest BCUT2D eigenvalue weighted by molar-refractivity contribution is 0.0736. The highest BCUT2D eigenvalue weighted by molar-refractivity contribution is 7.13. The van der Waals surface area contributed by atoms with E-state index in [1.165, 1.54) is 11.3 Å². The van der Waals surface area contributed by atoms with Crippen LogP contribution < -0.4 is 5.32 Å². The molecule has 0 aliphatic rings. The summed E-state index contributed by atoms with van der Waals surface area (Å²) >= 11 is 1.45. The van der Waals surface area contributed by atoms with Gasteiger partial charge in [0.25, 0.3) is 5.91 Å². The van der Waals surface area contributed by atoms with E-state index < -0.39 is 0 Å². The zero-order valence-electron chi connectivity index (χ0n) is 12.6. The van der Waals surface area contributed by atoms with Gasteiger partial charge in [-0.1, -0.05) is 30.3 Å². The summed E-state index contributed by atoms with van der Waals surface area (Å²) in [5.41, 5.74) is 1.41. The maximum absolute atomic E-state index is 12.2. The van der Waals surface area contributed by atoms with E-state index in [0.717, 1.165) is 10.6 Å². The van der Waals surface area contributed by atoms with Crippen LogP contribution >= 0.6 is 11.3 Å². The molecule has 3 aromatic rings. The number of aromatic nitrogens is 1. The molecule has 0 saturated heterocycles. The number of ether oxygens (including phenoxy) is 1. The van der Waals surface area contributed by atoms with Gasteiger partial charge in [0.1, 0.15) is 22.6 Å². The molecule has 1 aromatic carbocycles. The standard InChI is InChI=1S/C17H16N2O3S/c1-21-15(14-8-5-9-22-14)10-18-16(20)13-11-23-17(19-13)12-6-3-2-4-7-12/h2-9,11,15H,10H2,1H3,(H,18,20)/t15-/m0/s1. The molecule has 3 rings (SSSR count). The highest BCUT2D eigenvalue weighted by Crippen LogP contribution is 2.23. The predicted octanol–water partition coefficient (Wildman–Crippen LogP) is 3.52. The number of carbonyl (C=O) groups is 1. The smallest absolute Gasteiger partial charge is 0.270 e. The summed E-state index contributed by atoms with van der Waals surface area (Å²) in [7, 11) is 1.58. The summed E-state index contributed by atoms with van der Waals surface area (Å²) in [5.74, 6) is 0.452. The highest BCUT2D eigenvalue weighted by Gasteiger charge is 2.17. The van der Waals surface area contributed by atoms with Gasteiger partial charge in [0.05, 0.1) is 12.8 Å². The molecule has 118 valence electrons. The summed E-state index contributed by atoms with van der Waals surface area (Å²) in [6, 6.07) is 13.4. The van der Waals surface area contributed by atoms with E-state index in [4.69, 9.17) is 9.15 Å². The number of nitrogens with zero attached hydrogens (tertiary/aromatic N) is 1. The van der Waals surface area contributed by atoms with Crippen molar-refractivity contribution in [1.82, 2.24) is 10.3 Å². The molecule has 6 heteroatoms. The largest absolute Gasteiger partial charge is 0.467 e. The van der Waals surface area contributed by atoms with Gasteiger partial charge < -0.3 is 14.5 Å². The topological polar surface area (TPSA) is 64.4 Å². The van der Waals surface area contributed by atoms with Gasteiger partial charge in [-0.25, -0.2) is 4.98 Å². The van der Waals surface area contributed by atoms with Crippen LogP contribution in [-0.2, 0) is 4.74 Å². The fourth-order valence-electron chi connectivity index (χ4n) is 2.14. The van der Waals surface area contributed by atoms with Crippen molar-refractivity contribution in [2.45, 2.75) is 6.10 Å². The van der Waals surface area contributed by atoms with Crippen molar-refractivity contribution in [3.8, 4) is 10.6 Å². The molecular formula is C17H16N2O3S. The first kappa shape index (κ1) is 15.5. The fraction of sp³-hybridized carbons (Fsp3) is 0.176. The third kappa shape index (κ3) is 3.67. The zero-order chi connectivity index (χ0) is 16.1. The second kappa shape index (κ2) is 7.21. The molecule has 2 heterocycles. The number of furan rings is 1. The maximum atomic E-state index is 12.2. The van der Waals surface area contributed by atoms with Crippen molar-refractivity contribution in [3.63, 3.8) is 0 Å². The fourth-order valence-corrected chi connectivity index (χ4v) is 2.95. The van der Waals surface area contributed by atoms with Gasteiger partial charge >= 0.3 is 0 Å². The van der Waals surface area contributed by atoms with Gasteiger partial charge in [-0.2, -0.15) is 0 Å². The van der Waals surface area contributed by atoms with Crippen LogP contribution in [0.3, 0.4) is 0 Å². The van der Waals surface area contributed by atoms with Crippen molar-refractivity contribution in [1.29, 1.82) is 0 Å². The summed E-state index contributed by atoms with van der Waals surface area (Å²) < 4.78 is 10.6. The van der Waals surface area contributed by atoms with Crippen LogP contribution in [0.5, 0.6) is 0 Å². The highest BCUT2D eigenvalue weighted by atomic mass is 32.1. The summed E-state index contributed by atoms with van der Waals surface area (Å²) in [6.07, 6.45) is 1.26. The molecule has 1 amide bonds. The minimum Gasteiger partial charge on any atom is -0.467 e. The van der Waals surface area contributed by atoms with Crippen LogP contribution in [0, 0.1) is 0 Å². The monoisotopic (exact) mass is 328 g/mol. The Balaban J connectivity index is 1.64. The number of rotatable bonds is 6. The average Bonchev–Trinajstić information content (AvgIpc) is 3.28. The van der Waals surface area contributed by atoms with E-state index in [1.807, 2.05) is 36.4 Å². The minimum atomic E-state index is -0.318. The summed E-state index contributed by atoms with van der Waals surface area (Å²) in [5, 5.41) is 5.40. The molecule has 1 atom stereocenters. The molecule has 0 unspecified atom stereocenters. The van der Waals surface area contributed by atoms with Gasteiger partial charge in [-0.3, -0.25) is 4.79 Å². The third-order valence-corrected chi connectivity index (χ3v) is 4.24. The Morgan fingerprint density at radius 2 is 2.13 bits per heavy atom. The molecule has 0 radical (unpaired) electrons. The molecule has 1 N–H and O–H groups in total. The Labute approximate surface area is 137 Å². The van der Waals surface area contributed by atoms with Crippen molar-refractivity contribution < 1.29 is 13.9 Å². The molecule has 0 aliphatic heterocycles. The molecule has 2 aromatic heterocycles. The van der Waals surface area contributed by atoms with Gasteiger partial charge in [0, 0.05) is 18.1 Å². The van der Waals surface area contributed by atoms with E-state index in [1.54, 1.807) is 24.8 Å². The summed E-state index contributed by atoms with van der Waals surface area (Å²) in [4.78, 5) is 16.6. The van der Waals surface area contributed by atoms with Crippen molar-refractivity contribution in [2.75, 3.05) is 13.7 Å². The number of nitrogens with one attached hydrogen (secondary N) is 1. The number of hydrogen-bond donors (Lipinski definition) is 1. The van der Waals surface area contributed by atoms with Crippen molar-refractivity contribution >= 4 is 17.2 Å². The second-order valence-electron chi connectivity index (χ2n) is 4.85. The minimum absolute atomic E-state index is 0.225. The number of amides is 1. The first-order valence-electron chi connectivity index (χ1n) is 7.13. The molecule has 0 saturated carbocycles. The van der Waals surface area contributed by atoms with Crippen molar-refractivity contribution in [2.24, 2.45) is 0 Å². The van der Waals surface area contributed by atoms with Crippen LogP contribution in [-0.4, -0.2) is 24.5 Å². The van der Waals surface area contributed by atoms with Crippen molar-refractivity contribution in [3.05, 3.63) is 65.6 Å². The number of hydrogen-bond acceptors (Lipinski definition) is 5. The lowest BCUT2D eigenvalue weighted by atomic mass is 10.2. The van der Waals surface area contributed by atoms with Crippen LogP contribution in [0.1, 0.15) is 22.4 Å². The maximum Gasteiger partial charge on any atom is 0.270 e. The number of carbonyl (C=O) groups excluding carboxylic acids is 1. The van der Waals surface area contributed by atoms with Gasteiger partial charge in [-0.05, 0) is 12.1 Å². The number of benzene rings is 1. The SMILES string of the molecule is CO[C@@H](CNC(=O)c1csc(-c2ccccc2)n1)c1ccco1. The molecule has 0 aliphatic carbocycles. The third-order valence-electron chi connectivity index (χ3n) is 3.35. The Hall–Kier alpha value is -2.44. The number of thiazole rings is 1. The molecule has 0 bridgehead atoms. The Bertz CT molecular complexity index is 753. The van der Waals surface area contributed by atoms with Gasteiger partial charge in [-0.15, -0.1) is 11.3 Å². The summed E-state index contributed by atoms with van der Waals surface area (Å²) in [6.45, 7) is 0.320. The van der Waals surface area contributed by atoms with Crippen LogP contribution in [0.4, 0.5) is 0 Å². The first-order chi connectivity index (χ1) is 11.3. The Morgan fingerprint density at radius 3 is 2.83 bits per heavy atom. The quantitative estimate of drug-likeness (QED) is 0.752. The van der Waals surface area contributed by atoms with E-state index in [2.05, 4.69) is 10.3 Å². The lowest BCUT2D eigenvalue weighted by Crippen LogP contribution is -2.29. The van der Waals surface area contributed by atoms with E-state index >= 15 is 0 Å². The van der Waals surface area contributed by atoms with Crippen LogP contribution in [0.15, 0.2) is 58.5 Å². The number of methoxy groups -OCH3 is 1. The van der Waals surface area contributed by atoms with E-state index in [-0.39, 0.29) is 12.0 Å². The molecule has 0 fully saturated rings. The Kier molecular flexibility index (Phi) is 4.85. The molecule has 0 spiro atoms.